The monoisotopic (exact) mass is 443 g/mol. The van der Waals surface area contributed by atoms with E-state index in [1.807, 2.05) is 17.0 Å². The molecule has 1 saturated heterocycles. The second-order valence-corrected chi connectivity index (χ2v) is 10.0. The van der Waals surface area contributed by atoms with Crippen molar-refractivity contribution in [1.82, 2.24) is 9.21 Å². The van der Waals surface area contributed by atoms with Gasteiger partial charge in [-0.3, -0.25) is 14.5 Å². The van der Waals surface area contributed by atoms with Gasteiger partial charge in [-0.1, -0.05) is 38.1 Å². The number of Topliss-reactive ketones (excluding diaryl/α,β-unsaturated/α-hetero) is 1. The molecular formula is C23H29N3O4S. The van der Waals surface area contributed by atoms with E-state index in [2.05, 4.69) is 19.2 Å². The quantitative estimate of drug-likeness (QED) is 0.665. The Balaban J connectivity index is 1.54. The number of carbonyl (C=O) groups is 2. The fourth-order valence-electron chi connectivity index (χ4n) is 3.52. The van der Waals surface area contributed by atoms with Crippen LogP contribution >= 0.6 is 0 Å². The molecule has 1 amide bonds. The average Bonchev–Trinajstić information content (AvgIpc) is 2.74. The first kappa shape index (κ1) is 23.1. The molecule has 1 aliphatic heterocycles. The molecule has 0 atom stereocenters. The van der Waals surface area contributed by atoms with Crippen LogP contribution < -0.4 is 5.32 Å². The highest BCUT2D eigenvalue weighted by Gasteiger charge is 2.29. The maximum absolute atomic E-state index is 12.9. The highest BCUT2D eigenvalue weighted by molar-refractivity contribution is 7.89. The van der Waals surface area contributed by atoms with Crippen molar-refractivity contribution in [2.75, 3.05) is 38.0 Å². The Labute approximate surface area is 184 Å². The van der Waals surface area contributed by atoms with Gasteiger partial charge in [-0.15, -0.1) is 0 Å². The van der Waals surface area contributed by atoms with Crippen molar-refractivity contribution in [3.8, 4) is 0 Å². The lowest BCUT2D eigenvalue weighted by Crippen LogP contribution is -2.50. The molecule has 0 aliphatic carbocycles. The topological polar surface area (TPSA) is 86.8 Å². The molecule has 31 heavy (non-hydrogen) atoms. The summed E-state index contributed by atoms with van der Waals surface area (Å²) in [5, 5.41) is 2.80. The van der Waals surface area contributed by atoms with Gasteiger partial charge in [-0.05, 0) is 42.7 Å². The maximum Gasteiger partial charge on any atom is 0.243 e. The molecule has 0 spiro atoms. The summed E-state index contributed by atoms with van der Waals surface area (Å²) in [6.07, 6.45) is 0. The first-order valence-electron chi connectivity index (χ1n) is 10.4. The van der Waals surface area contributed by atoms with Gasteiger partial charge >= 0.3 is 0 Å². The van der Waals surface area contributed by atoms with E-state index in [4.69, 9.17) is 0 Å². The van der Waals surface area contributed by atoms with Crippen molar-refractivity contribution >= 4 is 27.4 Å². The number of sulfonamides is 1. The Morgan fingerprint density at radius 2 is 1.65 bits per heavy atom. The van der Waals surface area contributed by atoms with Crippen LogP contribution in [0, 0.1) is 0 Å². The normalized spacial score (nSPS) is 15.7. The number of hydrogen-bond acceptors (Lipinski definition) is 5. The van der Waals surface area contributed by atoms with Crippen LogP contribution in [-0.4, -0.2) is 62.0 Å². The van der Waals surface area contributed by atoms with Crippen molar-refractivity contribution in [3.05, 3.63) is 59.7 Å². The standard InChI is InChI=1S/C23H29N3O4S/c1-17(2)19-7-9-22(10-8-19)31(29,30)26-13-11-25(12-14-26)16-23(28)24-21-6-4-5-20(15-21)18(3)27/h4-10,15,17H,11-14,16H2,1-3H3,(H,24,28). The van der Waals surface area contributed by atoms with E-state index in [9.17, 15) is 18.0 Å². The van der Waals surface area contributed by atoms with Crippen LogP contribution in [-0.2, 0) is 14.8 Å². The molecule has 2 aromatic rings. The summed E-state index contributed by atoms with van der Waals surface area (Å²) in [6.45, 7) is 7.41. The van der Waals surface area contributed by atoms with Gasteiger partial charge in [0.1, 0.15) is 0 Å². The van der Waals surface area contributed by atoms with Crippen molar-refractivity contribution in [3.63, 3.8) is 0 Å². The minimum Gasteiger partial charge on any atom is -0.325 e. The Bertz CT molecular complexity index is 1040. The number of ketones is 1. The molecule has 7 nitrogen and oxygen atoms in total. The smallest absolute Gasteiger partial charge is 0.243 e. The lowest BCUT2D eigenvalue weighted by Gasteiger charge is -2.33. The van der Waals surface area contributed by atoms with Crippen molar-refractivity contribution in [2.24, 2.45) is 0 Å². The molecule has 0 bridgehead atoms. The summed E-state index contributed by atoms with van der Waals surface area (Å²) in [7, 11) is -3.54. The number of benzene rings is 2. The van der Waals surface area contributed by atoms with Crippen molar-refractivity contribution in [2.45, 2.75) is 31.6 Å². The Morgan fingerprint density at radius 1 is 1.00 bits per heavy atom. The Hall–Kier alpha value is -2.55. The maximum atomic E-state index is 12.9. The van der Waals surface area contributed by atoms with E-state index in [-0.39, 0.29) is 18.2 Å². The third-order valence-corrected chi connectivity index (χ3v) is 7.35. The van der Waals surface area contributed by atoms with E-state index in [0.717, 1.165) is 5.56 Å². The van der Waals surface area contributed by atoms with E-state index >= 15 is 0 Å². The molecule has 1 heterocycles. The van der Waals surface area contributed by atoms with Crippen LogP contribution in [0.15, 0.2) is 53.4 Å². The van der Waals surface area contributed by atoms with Crippen LogP contribution in [0.2, 0.25) is 0 Å². The first-order chi connectivity index (χ1) is 14.7. The molecular weight excluding hydrogens is 414 g/mol. The zero-order valence-corrected chi connectivity index (χ0v) is 19.0. The largest absolute Gasteiger partial charge is 0.325 e. The van der Waals surface area contributed by atoms with Crippen LogP contribution in [0.5, 0.6) is 0 Å². The molecule has 8 heteroatoms. The molecule has 3 rings (SSSR count). The molecule has 2 aromatic carbocycles. The molecule has 1 N–H and O–H groups in total. The Morgan fingerprint density at radius 3 is 2.23 bits per heavy atom. The summed E-state index contributed by atoms with van der Waals surface area (Å²) >= 11 is 0. The number of amides is 1. The van der Waals surface area contributed by atoms with E-state index in [1.54, 1.807) is 36.4 Å². The lowest BCUT2D eigenvalue weighted by atomic mass is 10.0. The van der Waals surface area contributed by atoms with E-state index in [1.165, 1.54) is 11.2 Å². The van der Waals surface area contributed by atoms with Crippen molar-refractivity contribution in [1.29, 1.82) is 0 Å². The fourth-order valence-corrected chi connectivity index (χ4v) is 4.94. The number of rotatable bonds is 7. The van der Waals surface area contributed by atoms with Gasteiger partial charge < -0.3 is 5.32 Å². The minimum atomic E-state index is -3.54. The number of nitrogens with zero attached hydrogens (tertiary/aromatic N) is 2. The van der Waals surface area contributed by atoms with Gasteiger partial charge in [-0.25, -0.2) is 8.42 Å². The average molecular weight is 444 g/mol. The third-order valence-electron chi connectivity index (χ3n) is 5.44. The predicted octanol–water partition coefficient (Wildman–Crippen LogP) is 2.96. The molecule has 166 valence electrons. The highest BCUT2D eigenvalue weighted by Crippen LogP contribution is 2.21. The first-order valence-corrected chi connectivity index (χ1v) is 11.8. The number of anilines is 1. The molecule has 1 aliphatic rings. The summed E-state index contributed by atoms with van der Waals surface area (Å²) in [5.74, 6) is 0.0879. The summed E-state index contributed by atoms with van der Waals surface area (Å²) in [5.41, 5.74) is 2.21. The summed E-state index contributed by atoms with van der Waals surface area (Å²) in [4.78, 5) is 26.1. The molecule has 1 fully saturated rings. The van der Waals surface area contributed by atoms with Crippen LogP contribution in [0.25, 0.3) is 0 Å². The molecule has 0 radical (unpaired) electrons. The van der Waals surface area contributed by atoms with Gasteiger partial charge in [0, 0.05) is 37.4 Å². The second-order valence-electron chi connectivity index (χ2n) is 8.09. The van der Waals surface area contributed by atoms with Gasteiger partial charge in [-0.2, -0.15) is 4.31 Å². The van der Waals surface area contributed by atoms with Gasteiger partial charge in [0.05, 0.1) is 11.4 Å². The molecule has 0 aromatic heterocycles. The van der Waals surface area contributed by atoms with E-state index < -0.39 is 10.0 Å². The zero-order chi connectivity index (χ0) is 22.6. The van der Waals surface area contributed by atoms with Crippen LogP contribution in [0.4, 0.5) is 5.69 Å². The SMILES string of the molecule is CC(=O)c1cccc(NC(=O)CN2CCN(S(=O)(=O)c3ccc(C(C)C)cc3)CC2)c1. The number of carbonyl (C=O) groups excluding carboxylic acids is 2. The number of hydrogen-bond donors (Lipinski definition) is 1. The van der Waals surface area contributed by atoms with Gasteiger partial charge in [0.2, 0.25) is 15.9 Å². The minimum absolute atomic E-state index is 0.0627. The molecule has 0 saturated carbocycles. The second kappa shape index (κ2) is 9.72. The summed E-state index contributed by atoms with van der Waals surface area (Å²) < 4.78 is 27.3. The van der Waals surface area contributed by atoms with Gasteiger partial charge in [0.25, 0.3) is 0 Å². The Kier molecular flexibility index (Phi) is 7.25. The predicted molar refractivity (Wildman–Crippen MR) is 121 cm³/mol. The van der Waals surface area contributed by atoms with Gasteiger partial charge in [0.15, 0.2) is 5.78 Å². The van der Waals surface area contributed by atoms with Crippen LogP contribution in [0.1, 0.15) is 42.6 Å². The molecule has 0 unspecified atom stereocenters. The zero-order valence-electron chi connectivity index (χ0n) is 18.2. The number of piperazine rings is 1. The lowest BCUT2D eigenvalue weighted by molar-refractivity contribution is -0.117. The summed E-state index contributed by atoms with van der Waals surface area (Å²) in [6, 6.07) is 13.9. The van der Waals surface area contributed by atoms with Crippen molar-refractivity contribution < 1.29 is 18.0 Å². The fraction of sp³-hybridized carbons (Fsp3) is 0.391. The van der Waals surface area contributed by atoms with E-state index in [0.29, 0.717) is 48.2 Å². The third kappa shape index (κ3) is 5.78. The number of nitrogens with one attached hydrogen (secondary N) is 1. The highest BCUT2D eigenvalue weighted by atomic mass is 32.2. The van der Waals surface area contributed by atoms with Crippen LogP contribution in [0.3, 0.4) is 0 Å².